The fraction of sp³-hybridized carbons (Fsp3) is 0.217. The van der Waals surface area contributed by atoms with Gasteiger partial charge in [0.15, 0.2) is 5.82 Å². The van der Waals surface area contributed by atoms with Gasteiger partial charge >= 0.3 is 0 Å². The van der Waals surface area contributed by atoms with Crippen molar-refractivity contribution in [3.63, 3.8) is 0 Å². The van der Waals surface area contributed by atoms with Crippen molar-refractivity contribution in [2.45, 2.75) is 26.1 Å². The third kappa shape index (κ3) is 4.55. The molecule has 29 heavy (non-hydrogen) atoms. The second-order valence-electron chi connectivity index (χ2n) is 6.91. The van der Waals surface area contributed by atoms with E-state index in [1.165, 1.54) is 11.1 Å². The summed E-state index contributed by atoms with van der Waals surface area (Å²) < 4.78 is 1.90. The minimum Gasteiger partial charge on any atom is -0.286 e. The van der Waals surface area contributed by atoms with Gasteiger partial charge in [0.25, 0.3) is 0 Å². The maximum Gasteiger partial charge on any atom is 0.173 e. The quantitative estimate of drug-likeness (QED) is 0.463. The molecule has 4 aromatic rings. The Hall–Kier alpha value is -3.38. The van der Waals surface area contributed by atoms with E-state index in [1.54, 1.807) is 0 Å². The van der Waals surface area contributed by atoms with Crippen molar-refractivity contribution in [3.8, 4) is 0 Å². The monoisotopic (exact) mass is 384 g/mol. The minimum absolute atomic E-state index is 0.0677. The Morgan fingerprint density at radius 2 is 1.52 bits per heavy atom. The lowest BCUT2D eigenvalue weighted by atomic mass is 10.0. The number of tetrazole rings is 1. The molecule has 0 saturated heterocycles. The van der Waals surface area contributed by atoms with E-state index in [-0.39, 0.29) is 6.04 Å². The number of aromatic nitrogens is 5. The van der Waals surface area contributed by atoms with Gasteiger partial charge < -0.3 is 0 Å². The van der Waals surface area contributed by atoms with Gasteiger partial charge in [-0.25, -0.2) is 4.68 Å². The SMILES string of the molecule is CCN(Cc1ccccc1)[C@H](c1ccncc1)c1nnnn1Cc1ccccc1. The van der Waals surface area contributed by atoms with Crippen LogP contribution in [0.4, 0.5) is 0 Å². The van der Waals surface area contributed by atoms with Gasteiger partial charge in [-0.1, -0.05) is 67.6 Å². The van der Waals surface area contributed by atoms with Crippen LogP contribution in [0.3, 0.4) is 0 Å². The number of benzene rings is 2. The number of hydrogen-bond acceptors (Lipinski definition) is 5. The molecule has 146 valence electrons. The van der Waals surface area contributed by atoms with Crippen LogP contribution in [0.2, 0.25) is 0 Å². The van der Waals surface area contributed by atoms with E-state index >= 15 is 0 Å². The lowest BCUT2D eigenvalue weighted by Crippen LogP contribution is -2.31. The van der Waals surface area contributed by atoms with Crippen molar-refractivity contribution in [2.75, 3.05) is 6.54 Å². The van der Waals surface area contributed by atoms with Gasteiger partial charge in [-0.2, -0.15) is 0 Å². The average Bonchev–Trinajstić information content (AvgIpc) is 3.23. The van der Waals surface area contributed by atoms with Crippen LogP contribution in [0.25, 0.3) is 0 Å². The van der Waals surface area contributed by atoms with E-state index in [0.717, 1.165) is 24.5 Å². The Bertz CT molecular complexity index is 1000. The predicted molar refractivity (Wildman–Crippen MR) is 112 cm³/mol. The Kier molecular flexibility index (Phi) is 6.02. The van der Waals surface area contributed by atoms with Crippen molar-refractivity contribution in [3.05, 3.63) is 108 Å². The van der Waals surface area contributed by atoms with E-state index in [9.17, 15) is 0 Å². The zero-order chi connectivity index (χ0) is 19.9. The van der Waals surface area contributed by atoms with Gasteiger partial charge in [0, 0.05) is 18.9 Å². The van der Waals surface area contributed by atoms with Crippen molar-refractivity contribution in [1.29, 1.82) is 0 Å². The molecule has 6 nitrogen and oxygen atoms in total. The van der Waals surface area contributed by atoms with Crippen LogP contribution in [-0.2, 0) is 13.1 Å². The Labute approximate surface area is 170 Å². The Morgan fingerprint density at radius 3 is 2.17 bits per heavy atom. The standard InChI is InChI=1S/C23H24N6/c1-2-28(17-19-9-5-3-6-10-19)22(21-13-15-24-16-14-21)23-25-26-27-29(23)18-20-11-7-4-8-12-20/h3-16,22H,2,17-18H2,1H3/t22-/m1/s1. The maximum absolute atomic E-state index is 4.44. The van der Waals surface area contributed by atoms with E-state index in [1.807, 2.05) is 53.5 Å². The van der Waals surface area contributed by atoms with E-state index in [0.29, 0.717) is 6.54 Å². The number of nitrogens with zero attached hydrogens (tertiary/aromatic N) is 6. The average molecular weight is 384 g/mol. The Morgan fingerprint density at radius 1 is 0.862 bits per heavy atom. The molecule has 2 aromatic carbocycles. The molecule has 0 unspecified atom stereocenters. The van der Waals surface area contributed by atoms with E-state index in [4.69, 9.17) is 0 Å². The zero-order valence-corrected chi connectivity index (χ0v) is 16.5. The third-order valence-electron chi connectivity index (χ3n) is 5.00. The summed E-state index contributed by atoms with van der Waals surface area (Å²) in [5.41, 5.74) is 3.55. The van der Waals surface area contributed by atoms with Crippen LogP contribution in [0.1, 0.15) is 35.5 Å². The number of pyridine rings is 1. The van der Waals surface area contributed by atoms with Gasteiger partial charge in [0.05, 0.1) is 12.6 Å². The molecule has 0 spiro atoms. The van der Waals surface area contributed by atoms with E-state index in [2.05, 4.69) is 68.7 Å². The van der Waals surface area contributed by atoms with Crippen LogP contribution in [-0.4, -0.2) is 36.6 Å². The van der Waals surface area contributed by atoms with Gasteiger partial charge in [0.1, 0.15) is 0 Å². The highest BCUT2D eigenvalue weighted by molar-refractivity contribution is 5.24. The molecule has 4 rings (SSSR count). The highest BCUT2D eigenvalue weighted by Gasteiger charge is 2.27. The van der Waals surface area contributed by atoms with Crippen LogP contribution < -0.4 is 0 Å². The normalized spacial score (nSPS) is 12.2. The molecule has 0 saturated carbocycles. The molecule has 0 bridgehead atoms. The second-order valence-corrected chi connectivity index (χ2v) is 6.91. The van der Waals surface area contributed by atoms with Crippen molar-refractivity contribution in [1.82, 2.24) is 30.1 Å². The number of hydrogen-bond donors (Lipinski definition) is 0. The first-order valence-corrected chi connectivity index (χ1v) is 9.83. The van der Waals surface area contributed by atoms with E-state index < -0.39 is 0 Å². The maximum atomic E-state index is 4.44. The van der Waals surface area contributed by atoms with Crippen LogP contribution >= 0.6 is 0 Å². The first-order valence-electron chi connectivity index (χ1n) is 9.83. The van der Waals surface area contributed by atoms with Crippen molar-refractivity contribution < 1.29 is 0 Å². The summed E-state index contributed by atoms with van der Waals surface area (Å²) in [7, 11) is 0. The predicted octanol–water partition coefficient (Wildman–Crippen LogP) is 3.73. The molecule has 0 aliphatic carbocycles. The molecule has 1 atom stereocenters. The van der Waals surface area contributed by atoms with Crippen molar-refractivity contribution >= 4 is 0 Å². The van der Waals surface area contributed by atoms with Gasteiger partial charge in [0.2, 0.25) is 0 Å². The smallest absolute Gasteiger partial charge is 0.173 e. The van der Waals surface area contributed by atoms with Crippen LogP contribution in [0.15, 0.2) is 85.2 Å². The lowest BCUT2D eigenvalue weighted by Gasteiger charge is -2.30. The molecule has 0 fully saturated rings. The minimum atomic E-state index is -0.0677. The Balaban J connectivity index is 1.71. The molecular weight excluding hydrogens is 360 g/mol. The molecule has 0 aliphatic heterocycles. The molecule has 0 amide bonds. The molecule has 0 N–H and O–H groups in total. The highest BCUT2D eigenvalue weighted by atomic mass is 15.5. The molecule has 0 radical (unpaired) electrons. The topological polar surface area (TPSA) is 59.7 Å². The van der Waals surface area contributed by atoms with Crippen LogP contribution in [0.5, 0.6) is 0 Å². The molecular formula is C23H24N6. The van der Waals surface area contributed by atoms with Gasteiger partial charge in [-0.05, 0) is 45.8 Å². The summed E-state index contributed by atoms with van der Waals surface area (Å²) in [6, 6.07) is 24.8. The fourth-order valence-electron chi connectivity index (χ4n) is 3.55. The largest absolute Gasteiger partial charge is 0.286 e. The summed E-state index contributed by atoms with van der Waals surface area (Å²) in [6.07, 6.45) is 3.65. The first-order chi connectivity index (χ1) is 14.3. The van der Waals surface area contributed by atoms with Gasteiger partial charge in [-0.3, -0.25) is 9.88 Å². The summed E-state index contributed by atoms with van der Waals surface area (Å²) >= 11 is 0. The molecule has 2 heterocycles. The summed E-state index contributed by atoms with van der Waals surface area (Å²) in [4.78, 5) is 6.58. The summed E-state index contributed by atoms with van der Waals surface area (Å²) in [6.45, 7) is 4.47. The van der Waals surface area contributed by atoms with Gasteiger partial charge in [-0.15, -0.1) is 5.10 Å². The fourth-order valence-corrected chi connectivity index (χ4v) is 3.55. The molecule has 6 heteroatoms. The lowest BCUT2D eigenvalue weighted by molar-refractivity contribution is 0.215. The van der Waals surface area contributed by atoms with Crippen molar-refractivity contribution in [2.24, 2.45) is 0 Å². The molecule has 2 aromatic heterocycles. The first kappa shape index (κ1) is 19.0. The van der Waals surface area contributed by atoms with Crippen LogP contribution in [0, 0.1) is 0 Å². The highest BCUT2D eigenvalue weighted by Crippen LogP contribution is 2.28. The zero-order valence-electron chi connectivity index (χ0n) is 16.5. The third-order valence-corrected chi connectivity index (χ3v) is 5.00. The molecule has 0 aliphatic rings. The summed E-state index contributed by atoms with van der Waals surface area (Å²) in [5, 5.41) is 12.7. The summed E-state index contributed by atoms with van der Waals surface area (Å²) in [5.74, 6) is 0.831. The number of rotatable bonds is 8. The second kappa shape index (κ2) is 9.21.